The number of para-hydroxylation sites is 1. The highest BCUT2D eigenvalue weighted by molar-refractivity contribution is 5.21. The van der Waals surface area contributed by atoms with Gasteiger partial charge in [0.2, 0.25) is 5.79 Å². The molecular weight excluding hydrogens is 168 g/mol. The van der Waals surface area contributed by atoms with E-state index in [0.29, 0.717) is 13.0 Å². The molecule has 1 atom stereocenters. The van der Waals surface area contributed by atoms with Gasteiger partial charge in [-0.2, -0.15) is 0 Å². The maximum absolute atomic E-state index is 9.52. The smallest absolute Gasteiger partial charge is 0.202 e. The maximum Gasteiger partial charge on any atom is 0.202 e. The van der Waals surface area contributed by atoms with Gasteiger partial charge in [0.05, 0.1) is 6.61 Å². The summed E-state index contributed by atoms with van der Waals surface area (Å²) in [6.45, 7) is 0.825. The summed E-state index contributed by atoms with van der Waals surface area (Å²) in [5.74, 6) is -0.290. The van der Waals surface area contributed by atoms with Gasteiger partial charge in [-0.05, 0) is 12.1 Å². The second kappa shape index (κ2) is 3.36. The van der Waals surface area contributed by atoms with E-state index in [-0.39, 0.29) is 6.61 Å². The second-order valence-corrected chi connectivity index (χ2v) is 3.15. The van der Waals surface area contributed by atoms with Gasteiger partial charge < -0.3 is 14.6 Å². The van der Waals surface area contributed by atoms with Crippen LogP contribution in [0.15, 0.2) is 30.3 Å². The Balaban J connectivity index is 1.86. The van der Waals surface area contributed by atoms with Crippen molar-refractivity contribution in [2.45, 2.75) is 12.2 Å². The van der Waals surface area contributed by atoms with Gasteiger partial charge in [-0.3, -0.25) is 0 Å². The third-order valence-electron chi connectivity index (χ3n) is 2.07. The van der Waals surface area contributed by atoms with Gasteiger partial charge in [0, 0.05) is 6.42 Å². The molecule has 0 aromatic heterocycles. The zero-order chi connectivity index (χ0) is 9.15. The van der Waals surface area contributed by atoms with Crippen molar-refractivity contribution in [2.75, 3.05) is 13.2 Å². The molecule has 1 heterocycles. The highest BCUT2D eigenvalue weighted by atomic mass is 16.7. The Labute approximate surface area is 76.9 Å². The van der Waals surface area contributed by atoms with Crippen LogP contribution in [0.25, 0.3) is 0 Å². The van der Waals surface area contributed by atoms with Crippen molar-refractivity contribution in [3.8, 4) is 5.75 Å². The lowest BCUT2D eigenvalue weighted by Crippen LogP contribution is -2.48. The van der Waals surface area contributed by atoms with Crippen molar-refractivity contribution < 1.29 is 14.6 Å². The molecule has 13 heavy (non-hydrogen) atoms. The fourth-order valence-electron chi connectivity index (χ4n) is 1.16. The number of benzene rings is 1. The first kappa shape index (κ1) is 8.53. The van der Waals surface area contributed by atoms with E-state index >= 15 is 0 Å². The van der Waals surface area contributed by atoms with Gasteiger partial charge >= 0.3 is 0 Å². The SMILES string of the molecule is OC1(COc2ccccc2)CCO1. The number of hydrogen-bond donors (Lipinski definition) is 1. The quantitative estimate of drug-likeness (QED) is 0.759. The molecule has 1 aliphatic heterocycles. The molecule has 3 heteroatoms. The van der Waals surface area contributed by atoms with Crippen molar-refractivity contribution in [3.63, 3.8) is 0 Å². The fraction of sp³-hybridized carbons (Fsp3) is 0.400. The van der Waals surface area contributed by atoms with Crippen LogP contribution in [0.3, 0.4) is 0 Å². The highest BCUT2D eigenvalue weighted by Gasteiger charge is 2.36. The lowest BCUT2D eigenvalue weighted by Gasteiger charge is -2.35. The summed E-state index contributed by atoms with van der Waals surface area (Å²) in [4.78, 5) is 0. The van der Waals surface area contributed by atoms with Crippen LogP contribution in [0.2, 0.25) is 0 Å². The molecule has 0 aliphatic carbocycles. The van der Waals surface area contributed by atoms with E-state index in [1.54, 1.807) is 0 Å². The van der Waals surface area contributed by atoms with Crippen LogP contribution in [-0.4, -0.2) is 24.1 Å². The largest absolute Gasteiger partial charge is 0.488 e. The molecule has 0 radical (unpaired) electrons. The van der Waals surface area contributed by atoms with Gasteiger partial charge in [0.25, 0.3) is 0 Å². The summed E-state index contributed by atoms with van der Waals surface area (Å²) >= 11 is 0. The minimum Gasteiger partial charge on any atom is -0.488 e. The lowest BCUT2D eigenvalue weighted by molar-refractivity contribution is -0.292. The Morgan fingerprint density at radius 3 is 2.62 bits per heavy atom. The van der Waals surface area contributed by atoms with Gasteiger partial charge in [0.15, 0.2) is 0 Å². The Kier molecular flexibility index (Phi) is 2.20. The Bertz CT molecular complexity index is 267. The van der Waals surface area contributed by atoms with Crippen molar-refractivity contribution in [1.82, 2.24) is 0 Å². The lowest BCUT2D eigenvalue weighted by atomic mass is 10.1. The van der Waals surface area contributed by atoms with Gasteiger partial charge in [-0.15, -0.1) is 0 Å². The molecule has 1 N–H and O–H groups in total. The molecular formula is C10H12O3. The molecule has 0 amide bonds. The molecule has 1 unspecified atom stereocenters. The van der Waals surface area contributed by atoms with E-state index in [0.717, 1.165) is 5.75 Å². The summed E-state index contributed by atoms with van der Waals surface area (Å²) in [6.07, 6.45) is 0.653. The molecule has 2 rings (SSSR count). The summed E-state index contributed by atoms with van der Waals surface area (Å²) in [5.41, 5.74) is 0. The molecule has 1 aromatic carbocycles. The zero-order valence-corrected chi connectivity index (χ0v) is 7.27. The van der Waals surface area contributed by atoms with Gasteiger partial charge in [-0.25, -0.2) is 0 Å². The second-order valence-electron chi connectivity index (χ2n) is 3.15. The van der Waals surface area contributed by atoms with Crippen LogP contribution in [0.1, 0.15) is 6.42 Å². The molecule has 0 spiro atoms. The normalized spacial score (nSPS) is 26.5. The van der Waals surface area contributed by atoms with Crippen LogP contribution < -0.4 is 4.74 Å². The number of hydrogen-bond acceptors (Lipinski definition) is 3. The van der Waals surface area contributed by atoms with E-state index in [9.17, 15) is 5.11 Å². The summed E-state index contributed by atoms with van der Waals surface area (Å²) in [6, 6.07) is 9.40. The Morgan fingerprint density at radius 2 is 2.08 bits per heavy atom. The van der Waals surface area contributed by atoms with E-state index in [1.165, 1.54) is 0 Å². The molecule has 0 bridgehead atoms. The van der Waals surface area contributed by atoms with E-state index in [2.05, 4.69) is 0 Å². The molecule has 1 saturated heterocycles. The van der Waals surface area contributed by atoms with Crippen LogP contribution in [0.5, 0.6) is 5.75 Å². The fourth-order valence-corrected chi connectivity index (χ4v) is 1.16. The number of ether oxygens (including phenoxy) is 2. The summed E-state index contributed by atoms with van der Waals surface area (Å²) in [7, 11) is 0. The third kappa shape index (κ3) is 1.99. The van der Waals surface area contributed by atoms with Crippen molar-refractivity contribution in [2.24, 2.45) is 0 Å². The molecule has 3 nitrogen and oxygen atoms in total. The average Bonchev–Trinajstić information content (AvgIpc) is 2.13. The molecule has 1 aromatic rings. The van der Waals surface area contributed by atoms with Crippen LogP contribution >= 0.6 is 0 Å². The molecule has 1 aliphatic rings. The minimum absolute atomic E-state index is 0.205. The predicted molar refractivity (Wildman–Crippen MR) is 47.5 cm³/mol. The predicted octanol–water partition coefficient (Wildman–Crippen LogP) is 1.17. The third-order valence-corrected chi connectivity index (χ3v) is 2.07. The topological polar surface area (TPSA) is 38.7 Å². The molecule has 1 fully saturated rings. The van der Waals surface area contributed by atoms with E-state index in [4.69, 9.17) is 9.47 Å². The van der Waals surface area contributed by atoms with Crippen molar-refractivity contribution >= 4 is 0 Å². The first-order valence-electron chi connectivity index (χ1n) is 4.33. The maximum atomic E-state index is 9.52. The average molecular weight is 180 g/mol. The van der Waals surface area contributed by atoms with Gasteiger partial charge in [-0.1, -0.05) is 18.2 Å². The van der Waals surface area contributed by atoms with Crippen LogP contribution in [0, 0.1) is 0 Å². The van der Waals surface area contributed by atoms with Crippen LogP contribution in [-0.2, 0) is 4.74 Å². The van der Waals surface area contributed by atoms with E-state index < -0.39 is 5.79 Å². The standard InChI is InChI=1S/C10H12O3/c11-10(6-7-13-10)8-12-9-4-2-1-3-5-9/h1-5,11H,6-8H2. The Hall–Kier alpha value is -1.06. The van der Waals surface area contributed by atoms with Crippen molar-refractivity contribution in [1.29, 1.82) is 0 Å². The zero-order valence-electron chi connectivity index (χ0n) is 7.27. The first-order valence-corrected chi connectivity index (χ1v) is 4.33. The summed E-state index contributed by atoms with van der Waals surface area (Å²) in [5, 5.41) is 9.52. The first-order chi connectivity index (χ1) is 6.29. The summed E-state index contributed by atoms with van der Waals surface area (Å²) < 4.78 is 10.3. The van der Waals surface area contributed by atoms with Crippen LogP contribution in [0.4, 0.5) is 0 Å². The number of aliphatic hydroxyl groups is 1. The number of rotatable bonds is 3. The highest BCUT2D eigenvalue weighted by Crippen LogP contribution is 2.23. The van der Waals surface area contributed by atoms with Gasteiger partial charge in [0.1, 0.15) is 12.4 Å². The Morgan fingerprint density at radius 1 is 1.38 bits per heavy atom. The monoisotopic (exact) mass is 180 g/mol. The molecule has 70 valence electrons. The minimum atomic E-state index is -1.05. The van der Waals surface area contributed by atoms with E-state index in [1.807, 2.05) is 30.3 Å². The van der Waals surface area contributed by atoms with Crippen molar-refractivity contribution in [3.05, 3.63) is 30.3 Å². The molecule has 0 saturated carbocycles.